The van der Waals surface area contributed by atoms with Gasteiger partial charge in [0.2, 0.25) is 0 Å². The van der Waals surface area contributed by atoms with E-state index >= 15 is 0 Å². The Labute approximate surface area is 80.5 Å². The summed E-state index contributed by atoms with van der Waals surface area (Å²) in [7, 11) is 0. The molecule has 1 aliphatic heterocycles. The molecule has 0 aromatic rings. The minimum absolute atomic E-state index is 0. The van der Waals surface area contributed by atoms with Gasteiger partial charge in [-0.1, -0.05) is 34.6 Å². The van der Waals surface area contributed by atoms with Gasteiger partial charge >= 0.3 is 11.9 Å². The van der Waals surface area contributed by atoms with E-state index in [1.807, 2.05) is 0 Å². The summed E-state index contributed by atoms with van der Waals surface area (Å²) in [5.74, 6) is -0.845. The molecule has 0 aromatic carbocycles. The molecule has 3 nitrogen and oxygen atoms in total. The summed E-state index contributed by atoms with van der Waals surface area (Å²) in [6.45, 7) is 2.06. The molecule has 0 aromatic heterocycles. The molecule has 1 saturated heterocycles. The maximum absolute atomic E-state index is 10.8. The van der Waals surface area contributed by atoms with Crippen molar-refractivity contribution in [3.8, 4) is 0 Å². The second kappa shape index (κ2) is 6.63. The first-order valence-electron chi connectivity index (χ1n) is 3.98. The summed E-state index contributed by atoms with van der Waals surface area (Å²) in [6, 6.07) is 0. The van der Waals surface area contributed by atoms with Crippen LogP contribution in [-0.2, 0) is 14.3 Å². The fraction of sp³-hybridized carbons (Fsp3) is 0.800. The largest absolute Gasteiger partial charge is 0.393 e. The Balaban J connectivity index is 0. The highest BCUT2D eigenvalue weighted by Gasteiger charge is 2.32. The van der Waals surface area contributed by atoms with Crippen LogP contribution < -0.4 is 0 Å². The fourth-order valence-electron chi connectivity index (χ4n) is 1.19. The highest BCUT2D eigenvalue weighted by atomic mass is 16.6. The Kier molecular flexibility index (Phi) is 7.48. The van der Waals surface area contributed by atoms with Crippen molar-refractivity contribution in [2.75, 3.05) is 0 Å². The van der Waals surface area contributed by atoms with Crippen LogP contribution >= 0.6 is 0 Å². The summed E-state index contributed by atoms with van der Waals surface area (Å²) >= 11 is 0. The lowest BCUT2D eigenvalue weighted by molar-refractivity contribution is -0.153. The summed E-state index contributed by atoms with van der Waals surface area (Å²) in [5, 5.41) is 0. The Hall–Kier alpha value is -0.860. The number of rotatable bonds is 3. The van der Waals surface area contributed by atoms with E-state index in [9.17, 15) is 9.59 Å². The van der Waals surface area contributed by atoms with Crippen molar-refractivity contribution >= 4 is 11.9 Å². The van der Waals surface area contributed by atoms with Crippen molar-refractivity contribution in [2.24, 2.45) is 5.92 Å². The number of hydrogen-bond acceptors (Lipinski definition) is 3. The molecule has 0 amide bonds. The minimum atomic E-state index is -0.365. The molecule has 13 heavy (non-hydrogen) atoms. The van der Waals surface area contributed by atoms with Gasteiger partial charge < -0.3 is 4.74 Å². The average molecular weight is 188 g/mol. The number of carbonyl (C=O) groups excluding carboxylic acids is 2. The maximum Gasteiger partial charge on any atom is 0.317 e. The Morgan fingerprint density at radius 1 is 1.38 bits per heavy atom. The van der Waals surface area contributed by atoms with Crippen LogP contribution in [-0.4, -0.2) is 11.9 Å². The highest BCUT2D eigenvalue weighted by Crippen LogP contribution is 2.21. The van der Waals surface area contributed by atoms with E-state index in [0.29, 0.717) is 6.42 Å². The van der Waals surface area contributed by atoms with Crippen molar-refractivity contribution in [3.63, 3.8) is 0 Å². The average Bonchev–Trinajstić information content (AvgIpc) is 2.26. The van der Waals surface area contributed by atoms with Gasteiger partial charge in [-0.05, 0) is 6.42 Å². The van der Waals surface area contributed by atoms with Crippen molar-refractivity contribution < 1.29 is 14.3 Å². The highest BCUT2D eigenvalue weighted by molar-refractivity contribution is 5.94. The third kappa shape index (κ3) is 4.06. The Morgan fingerprint density at radius 2 is 2.00 bits per heavy atom. The van der Waals surface area contributed by atoms with Crippen LogP contribution in [0.1, 0.15) is 47.5 Å². The van der Waals surface area contributed by atoms with Crippen LogP contribution in [0, 0.1) is 5.92 Å². The quantitative estimate of drug-likeness (QED) is 0.505. The first-order chi connectivity index (χ1) is 5.24. The third-order valence-corrected chi connectivity index (χ3v) is 1.87. The summed E-state index contributed by atoms with van der Waals surface area (Å²) < 4.78 is 4.39. The van der Waals surface area contributed by atoms with E-state index in [1.54, 1.807) is 0 Å². The van der Waals surface area contributed by atoms with Crippen LogP contribution in [0.15, 0.2) is 0 Å². The SMILES string of the molecule is C.C.CCCCC1CC(=O)OC1=O. The number of carbonyl (C=O) groups is 2. The first kappa shape index (κ1) is 14.7. The molecule has 3 heteroatoms. The normalized spacial score (nSPS) is 20.2. The van der Waals surface area contributed by atoms with Crippen molar-refractivity contribution in [1.82, 2.24) is 0 Å². The van der Waals surface area contributed by atoms with Crippen molar-refractivity contribution in [2.45, 2.75) is 47.5 Å². The maximum atomic E-state index is 10.8. The van der Waals surface area contributed by atoms with Crippen LogP contribution in [0.3, 0.4) is 0 Å². The summed E-state index contributed by atoms with van der Waals surface area (Å²) in [5.41, 5.74) is 0. The Bertz CT molecular complexity index is 175. The third-order valence-electron chi connectivity index (χ3n) is 1.87. The van der Waals surface area contributed by atoms with Gasteiger partial charge in [-0.15, -0.1) is 0 Å². The van der Waals surface area contributed by atoms with Gasteiger partial charge in [0.05, 0.1) is 12.3 Å². The van der Waals surface area contributed by atoms with Crippen LogP contribution in [0.5, 0.6) is 0 Å². The number of ether oxygens (including phenoxy) is 1. The predicted molar refractivity (Wildman–Crippen MR) is 52.2 cm³/mol. The van der Waals surface area contributed by atoms with Gasteiger partial charge in [-0.25, -0.2) is 0 Å². The molecule has 1 heterocycles. The zero-order valence-corrected chi connectivity index (χ0v) is 6.63. The molecule has 0 radical (unpaired) electrons. The molecule has 0 spiro atoms. The lowest BCUT2D eigenvalue weighted by Crippen LogP contribution is -2.06. The topological polar surface area (TPSA) is 43.4 Å². The second-order valence-electron chi connectivity index (χ2n) is 2.84. The van der Waals surface area contributed by atoms with Crippen LogP contribution in [0.25, 0.3) is 0 Å². The molecule has 0 aliphatic carbocycles. The van der Waals surface area contributed by atoms with E-state index in [-0.39, 0.29) is 32.7 Å². The molecule has 1 unspecified atom stereocenters. The molecule has 0 N–H and O–H groups in total. The van der Waals surface area contributed by atoms with E-state index in [1.165, 1.54) is 0 Å². The number of hydrogen-bond donors (Lipinski definition) is 0. The lowest BCUT2D eigenvalue weighted by atomic mass is 10.0. The predicted octanol–water partition coefficient (Wildman–Crippen LogP) is 2.54. The minimum Gasteiger partial charge on any atom is -0.393 e. The molecular formula is C10H20O3. The molecule has 1 atom stereocenters. The van der Waals surface area contributed by atoms with E-state index < -0.39 is 0 Å². The Morgan fingerprint density at radius 3 is 2.38 bits per heavy atom. The van der Waals surface area contributed by atoms with Gasteiger partial charge in [0.15, 0.2) is 0 Å². The van der Waals surface area contributed by atoms with Crippen molar-refractivity contribution in [3.05, 3.63) is 0 Å². The first-order valence-corrected chi connectivity index (χ1v) is 3.98. The van der Waals surface area contributed by atoms with Crippen molar-refractivity contribution in [1.29, 1.82) is 0 Å². The lowest BCUT2D eigenvalue weighted by Gasteiger charge is -2.00. The second-order valence-corrected chi connectivity index (χ2v) is 2.84. The van der Waals surface area contributed by atoms with Gasteiger partial charge in [0.1, 0.15) is 0 Å². The zero-order chi connectivity index (χ0) is 8.27. The molecular weight excluding hydrogens is 168 g/mol. The summed E-state index contributed by atoms with van der Waals surface area (Å²) in [6.07, 6.45) is 3.13. The summed E-state index contributed by atoms with van der Waals surface area (Å²) in [4.78, 5) is 21.4. The molecule has 1 rings (SSSR count). The number of unbranched alkanes of at least 4 members (excludes halogenated alkanes) is 1. The fourth-order valence-corrected chi connectivity index (χ4v) is 1.19. The van der Waals surface area contributed by atoms with Gasteiger partial charge in [-0.2, -0.15) is 0 Å². The zero-order valence-electron chi connectivity index (χ0n) is 6.63. The van der Waals surface area contributed by atoms with Gasteiger partial charge in [0, 0.05) is 0 Å². The monoisotopic (exact) mass is 188 g/mol. The van der Waals surface area contributed by atoms with Crippen LogP contribution in [0.2, 0.25) is 0 Å². The van der Waals surface area contributed by atoms with Gasteiger partial charge in [0.25, 0.3) is 0 Å². The number of cyclic esters (lactones) is 2. The molecule has 0 saturated carbocycles. The standard InChI is InChI=1S/C8H12O3.2CH4/c1-2-3-4-6-5-7(9)11-8(6)10;;/h6H,2-5H2,1H3;2*1H4. The smallest absolute Gasteiger partial charge is 0.317 e. The number of esters is 2. The molecule has 1 aliphatic rings. The molecule has 78 valence electrons. The van der Waals surface area contributed by atoms with E-state index in [4.69, 9.17) is 0 Å². The molecule has 0 bridgehead atoms. The van der Waals surface area contributed by atoms with Gasteiger partial charge in [-0.3, -0.25) is 9.59 Å². The van der Waals surface area contributed by atoms with E-state index in [2.05, 4.69) is 11.7 Å². The van der Waals surface area contributed by atoms with Crippen LogP contribution in [0.4, 0.5) is 0 Å². The molecule has 1 fully saturated rings. The van der Waals surface area contributed by atoms with E-state index in [0.717, 1.165) is 19.3 Å².